The van der Waals surface area contributed by atoms with Gasteiger partial charge in [0.15, 0.2) is 0 Å². The number of carboxylic acid groups (broad SMARTS) is 1. The number of nitrogens with one attached hydrogen (secondary N) is 2. The summed E-state index contributed by atoms with van der Waals surface area (Å²) in [4.78, 5) is 40.0. The number of rotatable bonds is 7. The molecule has 3 atom stereocenters. The van der Waals surface area contributed by atoms with Crippen molar-refractivity contribution in [2.45, 2.75) is 45.8 Å². The lowest BCUT2D eigenvalue weighted by atomic mass is 10.00. The molecule has 3 N–H and O–H groups in total. The third-order valence-electron chi connectivity index (χ3n) is 4.54. The third-order valence-corrected chi connectivity index (χ3v) is 4.54. The van der Waals surface area contributed by atoms with Gasteiger partial charge in [-0.15, -0.1) is 0 Å². The Kier molecular flexibility index (Phi) is 7.62. The molecule has 1 heterocycles. The SMILES string of the molecule is CCN1CCN(C(=O)C(NC(=O)C(C)NC)C(C)C)C(C(=O)O)C1. The van der Waals surface area contributed by atoms with E-state index in [-0.39, 0.29) is 17.7 Å². The van der Waals surface area contributed by atoms with Crippen molar-refractivity contribution in [1.82, 2.24) is 20.4 Å². The fourth-order valence-electron chi connectivity index (χ4n) is 2.70. The summed E-state index contributed by atoms with van der Waals surface area (Å²) in [6.07, 6.45) is 0. The van der Waals surface area contributed by atoms with E-state index in [1.807, 2.05) is 25.7 Å². The summed E-state index contributed by atoms with van der Waals surface area (Å²) in [6.45, 7) is 9.39. The molecule has 3 unspecified atom stereocenters. The standard InChI is InChI=1S/C16H30N4O4/c1-6-19-7-8-20(12(9-19)16(23)24)15(22)13(10(2)3)18-14(21)11(4)17-5/h10-13,17H,6-9H2,1-5H3,(H,18,21)(H,23,24). The Morgan fingerprint density at radius 3 is 2.29 bits per heavy atom. The van der Waals surface area contributed by atoms with Crippen LogP contribution in [0.3, 0.4) is 0 Å². The summed E-state index contributed by atoms with van der Waals surface area (Å²) >= 11 is 0. The first-order valence-corrected chi connectivity index (χ1v) is 8.46. The lowest BCUT2D eigenvalue weighted by molar-refractivity contribution is -0.155. The van der Waals surface area contributed by atoms with Crippen molar-refractivity contribution in [2.24, 2.45) is 5.92 Å². The van der Waals surface area contributed by atoms with E-state index in [1.165, 1.54) is 4.90 Å². The predicted octanol–water partition coefficient (Wildman–Crippen LogP) is -0.648. The maximum Gasteiger partial charge on any atom is 0.327 e. The summed E-state index contributed by atoms with van der Waals surface area (Å²) < 4.78 is 0. The number of amides is 2. The van der Waals surface area contributed by atoms with Gasteiger partial charge in [-0.25, -0.2) is 4.79 Å². The van der Waals surface area contributed by atoms with Gasteiger partial charge in [0.1, 0.15) is 12.1 Å². The highest BCUT2D eigenvalue weighted by Crippen LogP contribution is 2.15. The molecule has 0 aromatic heterocycles. The molecular weight excluding hydrogens is 312 g/mol. The fraction of sp³-hybridized carbons (Fsp3) is 0.812. The van der Waals surface area contributed by atoms with Gasteiger partial charge >= 0.3 is 5.97 Å². The van der Waals surface area contributed by atoms with Gasteiger partial charge in [-0.3, -0.25) is 14.5 Å². The second kappa shape index (κ2) is 8.98. The van der Waals surface area contributed by atoms with E-state index in [1.54, 1.807) is 14.0 Å². The van der Waals surface area contributed by atoms with Gasteiger partial charge in [0.2, 0.25) is 11.8 Å². The summed E-state index contributed by atoms with van der Waals surface area (Å²) in [5.41, 5.74) is 0. The molecule has 138 valence electrons. The number of likely N-dealkylation sites (N-methyl/N-ethyl adjacent to an activating group) is 2. The van der Waals surface area contributed by atoms with Gasteiger partial charge < -0.3 is 20.6 Å². The molecule has 0 bridgehead atoms. The second-order valence-corrected chi connectivity index (χ2v) is 6.52. The second-order valence-electron chi connectivity index (χ2n) is 6.52. The summed E-state index contributed by atoms with van der Waals surface area (Å²) in [5, 5.41) is 15.1. The van der Waals surface area contributed by atoms with Crippen LogP contribution in [0.1, 0.15) is 27.7 Å². The van der Waals surface area contributed by atoms with Crippen LogP contribution in [-0.4, -0.2) is 84.0 Å². The molecule has 0 radical (unpaired) electrons. The topological polar surface area (TPSA) is 102 Å². The lowest BCUT2D eigenvalue weighted by Gasteiger charge is -2.41. The first-order valence-electron chi connectivity index (χ1n) is 8.46. The monoisotopic (exact) mass is 342 g/mol. The van der Waals surface area contributed by atoms with Crippen molar-refractivity contribution in [3.8, 4) is 0 Å². The Morgan fingerprint density at radius 2 is 1.83 bits per heavy atom. The molecular formula is C16H30N4O4. The minimum Gasteiger partial charge on any atom is -0.480 e. The summed E-state index contributed by atoms with van der Waals surface area (Å²) in [6, 6.07) is -2.04. The average molecular weight is 342 g/mol. The fourth-order valence-corrected chi connectivity index (χ4v) is 2.70. The van der Waals surface area contributed by atoms with Crippen LogP contribution >= 0.6 is 0 Å². The average Bonchev–Trinajstić information content (AvgIpc) is 2.56. The lowest BCUT2D eigenvalue weighted by Crippen LogP contribution is -2.63. The molecule has 8 nitrogen and oxygen atoms in total. The van der Waals surface area contributed by atoms with E-state index in [4.69, 9.17) is 0 Å². The molecule has 1 fully saturated rings. The van der Waals surface area contributed by atoms with Crippen LogP contribution in [0.4, 0.5) is 0 Å². The molecule has 1 aliphatic rings. The van der Waals surface area contributed by atoms with Crippen molar-refractivity contribution in [2.75, 3.05) is 33.2 Å². The number of nitrogens with zero attached hydrogens (tertiary/aromatic N) is 2. The molecule has 0 saturated carbocycles. The van der Waals surface area contributed by atoms with E-state index in [9.17, 15) is 19.5 Å². The first-order chi connectivity index (χ1) is 11.2. The van der Waals surface area contributed by atoms with Gasteiger partial charge in [-0.05, 0) is 26.4 Å². The number of hydrogen-bond donors (Lipinski definition) is 3. The first kappa shape index (κ1) is 20.4. The summed E-state index contributed by atoms with van der Waals surface area (Å²) in [5.74, 6) is -1.75. The van der Waals surface area contributed by atoms with Crippen LogP contribution < -0.4 is 10.6 Å². The van der Waals surface area contributed by atoms with Crippen molar-refractivity contribution in [1.29, 1.82) is 0 Å². The smallest absolute Gasteiger partial charge is 0.327 e. The van der Waals surface area contributed by atoms with Crippen LogP contribution in [0.15, 0.2) is 0 Å². The molecule has 0 aromatic carbocycles. The van der Waals surface area contributed by atoms with Crippen molar-refractivity contribution >= 4 is 17.8 Å². The minimum atomic E-state index is -1.01. The molecule has 8 heteroatoms. The van der Waals surface area contributed by atoms with Gasteiger partial charge in [0, 0.05) is 19.6 Å². The Balaban J connectivity index is 2.92. The Morgan fingerprint density at radius 1 is 1.21 bits per heavy atom. The van der Waals surface area contributed by atoms with E-state index in [2.05, 4.69) is 10.6 Å². The highest BCUT2D eigenvalue weighted by Gasteiger charge is 2.39. The van der Waals surface area contributed by atoms with Gasteiger partial charge in [0.25, 0.3) is 0 Å². The molecule has 0 aromatic rings. The van der Waals surface area contributed by atoms with Crippen molar-refractivity contribution < 1.29 is 19.5 Å². The zero-order valence-corrected chi connectivity index (χ0v) is 15.2. The van der Waals surface area contributed by atoms with E-state index in [0.29, 0.717) is 19.6 Å². The third kappa shape index (κ3) is 4.91. The molecule has 2 amide bonds. The minimum absolute atomic E-state index is 0.135. The molecule has 0 aliphatic carbocycles. The highest BCUT2D eigenvalue weighted by molar-refractivity contribution is 5.92. The zero-order valence-electron chi connectivity index (χ0n) is 15.2. The molecule has 24 heavy (non-hydrogen) atoms. The van der Waals surface area contributed by atoms with Crippen LogP contribution in [0, 0.1) is 5.92 Å². The maximum absolute atomic E-state index is 12.9. The van der Waals surface area contributed by atoms with Crippen LogP contribution in [0.25, 0.3) is 0 Å². The van der Waals surface area contributed by atoms with Gasteiger partial charge in [-0.2, -0.15) is 0 Å². The Bertz CT molecular complexity index is 469. The van der Waals surface area contributed by atoms with Gasteiger partial charge in [-0.1, -0.05) is 20.8 Å². The normalized spacial score (nSPS) is 21.4. The number of carboxylic acids is 1. The number of aliphatic carboxylic acids is 1. The highest BCUT2D eigenvalue weighted by atomic mass is 16.4. The largest absolute Gasteiger partial charge is 0.480 e. The van der Waals surface area contributed by atoms with Crippen LogP contribution in [0.2, 0.25) is 0 Å². The predicted molar refractivity (Wildman–Crippen MR) is 90.5 cm³/mol. The van der Waals surface area contributed by atoms with E-state index in [0.717, 1.165) is 6.54 Å². The molecule has 0 spiro atoms. The van der Waals surface area contributed by atoms with Crippen molar-refractivity contribution in [3.63, 3.8) is 0 Å². The van der Waals surface area contributed by atoms with Crippen molar-refractivity contribution in [3.05, 3.63) is 0 Å². The van der Waals surface area contributed by atoms with Crippen LogP contribution in [0.5, 0.6) is 0 Å². The summed E-state index contributed by atoms with van der Waals surface area (Å²) in [7, 11) is 1.67. The number of hydrogen-bond acceptors (Lipinski definition) is 5. The Hall–Kier alpha value is -1.67. The maximum atomic E-state index is 12.9. The number of carbonyl (C=O) groups is 3. The number of carbonyl (C=O) groups excluding carboxylic acids is 2. The molecule has 1 saturated heterocycles. The number of piperazine rings is 1. The molecule has 1 rings (SSSR count). The van der Waals surface area contributed by atoms with Crippen LogP contribution in [-0.2, 0) is 14.4 Å². The zero-order chi connectivity index (χ0) is 18.4. The van der Waals surface area contributed by atoms with E-state index < -0.39 is 24.1 Å². The van der Waals surface area contributed by atoms with E-state index >= 15 is 0 Å². The molecule has 1 aliphatic heterocycles. The Labute approximate surface area is 143 Å². The van der Waals surface area contributed by atoms with Gasteiger partial charge in [0.05, 0.1) is 6.04 Å². The quantitative estimate of drug-likeness (QED) is 0.568.